The van der Waals surface area contributed by atoms with E-state index in [0.717, 1.165) is 36.8 Å². The van der Waals surface area contributed by atoms with Crippen molar-refractivity contribution in [3.8, 4) is 0 Å². The van der Waals surface area contributed by atoms with Gasteiger partial charge in [-0.2, -0.15) is 5.92 Å². The van der Waals surface area contributed by atoms with Gasteiger partial charge in [0.05, 0.1) is 0 Å². The molecule has 4 aliphatic rings. The molecule has 14 heteroatoms. The minimum atomic E-state index is -6.00. The molecule has 4 atom stereocenters. The normalized spacial score (nSPS) is 12.3. The summed E-state index contributed by atoms with van der Waals surface area (Å²) in [5, 5.41) is 2.74. The Bertz CT molecular complexity index is 1250. The third kappa shape index (κ3) is 21.5. The van der Waals surface area contributed by atoms with E-state index in [-0.39, 0.29) is 163 Å². The van der Waals surface area contributed by atoms with Crippen LogP contribution in [-0.2, 0) is 43.0 Å². The summed E-state index contributed by atoms with van der Waals surface area (Å²) in [4.78, 5) is 0. The summed E-state index contributed by atoms with van der Waals surface area (Å²) >= 11 is 1.82. The van der Waals surface area contributed by atoms with Gasteiger partial charge in [-0.25, -0.2) is 0 Å². The number of nitrogens with one attached hydrogen (secondary N) is 1. The maximum atomic E-state index is 9.75. The van der Waals surface area contributed by atoms with Gasteiger partial charge in [-0.1, -0.05) is 108 Å². The van der Waals surface area contributed by atoms with Crippen LogP contribution < -0.4 is 10.6 Å². The average molecular weight is 865 g/mol. The summed E-state index contributed by atoms with van der Waals surface area (Å²) in [5.41, 5.74) is 16.1. The fourth-order valence-corrected chi connectivity index (χ4v) is 5.31. The average Bonchev–Trinajstić information content (AvgIpc) is 2.96. The van der Waals surface area contributed by atoms with Crippen LogP contribution in [0.1, 0.15) is 45.3 Å². The molecule has 8 rings (SSSR count). The van der Waals surface area contributed by atoms with Gasteiger partial charge in [-0.15, -0.1) is 24.5 Å². The number of hydrogen-bond donors (Lipinski definition) is 0. The molecule has 0 aliphatic heterocycles. The van der Waals surface area contributed by atoms with Crippen molar-refractivity contribution in [3.05, 3.63) is 143 Å². The van der Waals surface area contributed by atoms with Gasteiger partial charge in [0.1, 0.15) is 0 Å². The monoisotopic (exact) mass is 865 g/mol. The summed E-state index contributed by atoms with van der Waals surface area (Å²) in [6.45, 7) is 4.10. The van der Waals surface area contributed by atoms with Gasteiger partial charge >= 0.3 is 34.3 Å². The van der Waals surface area contributed by atoms with E-state index in [0.29, 0.717) is 0 Å². The topological polar surface area (TPSA) is 23.8 Å². The first-order valence-corrected chi connectivity index (χ1v) is 16.3. The van der Waals surface area contributed by atoms with Gasteiger partial charge in [0.15, 0.2) is 0 Å². The number of benzene rings is 4. The number of hydrogen-bond acceptors (Lipinski definition) is 0. The Kier molecular flexibility index (Phi) is 34.0. The molecule has 4 aliphatic carbocycles. The molecule has 0 saturated heterocycles. The molecule has 1 nitrogen and oxygen atoms in total. The molecular formula is C31H33Ar4BClF4NP2Ru. The molecule has 250 valence electrons. The molecule has 0 fully saturated rings. The second-order valence-electron chi connectivity index (χ2n) is 9.47. The van der Waals surface area contributed by atoms with E-state index in [1.165, 1.54) is 32.9 Å². The molecule has 0 aromatic heterocycles. The molecule has 0 radical (unpaired) electrons. The van der Waals surface area contributed by atoms with Gasteiger partial charge in [0, 0.05) is 151 Å². The zero-order chi connectivity index (χ0) is 30.4. The van der Waals surface area contributed by atoms with Crippen molar-refractivity contribution in [2.24, 2.45) is 0 Å². The maximum absolute atomic E-state index is 9.75. The first-order valence-electron chi connectivity index (χ1n) is 12.9. The number of rotatable bonds is 3. The standard InChI is InChI=1S/C16H18P2.C15H15N.4Ar.BF4.ClH.Ru/c17-15-9-11-1-5-13(15)8-4-12-2-6-14(7-3-11)16(18)10-12;1-12(13-8-4-2-5-9-13)15(16)14-10-6-3-7-11-14;;;;;2-1(3,4)5;;/h1-2,5-6,9-10H,3-4,7-8,17-18H2;2-12,15-16H,1H2;;;;;;1H;/q;-2;;;;;-1;;+4/p-1/t;12-,15+;;;;;;;/m.1......./s1. The summed E-state index contributed by atoms with van der Waals surface area (Å²) < 4.78 is 39.0. The van der Waals surface area contributed by atoms with Crippen LogP contribution in [0.2, 0.25) is 0 Å². The second-order valence-corrected chi connectivity index (χ2v) is 10.7. The fourth-order valence-electron chi connectivity index (χ4n) is 4.40. The van der Waals surface area contributed by atoms with E-state index in [1.54, 1.807) is 0 Å². The van der Waals surface area contributed by atoms with Crippen molar-refractivity contribution in [2.75, 3.05) is 0 Å². The van der Waals surface area contributed by atoms with E-state index in [4.69, 9.17) is 5.73 Å². The first kappa shape index (κ1) is 52.8. The third-order valence-electron chi connectivity index (χ3n) is 6.58. The van der Waals surface area contributed by atoms with Crippen LogP contribution in [-0.4, -0.2) is 7.25 Å². The first-order chi connectivity index (χ1) is 19.5. The van der Waals surface area contributed by atoms with Crippen LogP contribution in [0.3, 0.4) is 0 Å². The molecule has 4 bridgehead atoms. The molecule has 4 aromatic rings. The Balaban J connectivity index is -0.000000609. The molecule has 1 N–H and O–H groups in total. The van der Waals surface area contributed by atoms with Crippen LogP contribution in [0.15, 0.2) is 97.1 Å². The zero-order valence-corrected chi connectivity index (χ0v) is 31.4. The summed E-state index contributed by atoms with van der Waals surface area (Å²) in [7, 11) is 4.35. The van der Waals surface area contributed by atoms with E-state index in [2.05, 4.69) is 71.5 Å². The van der Waals surface area contributed by atoms with Crippen molar-refractivity contribution in [1.82, 2.24) is 0 Å². The Morgan fingerprint density at radius 3 is 1.29 bits per heavy atom. The van der Waals surface area contributed by atoms with Crippen LogP contribution in [0, 0.1) is 158 Å². The van der Waals surface area contributed by atoms with Crippen LogP contribution >= 0.6 is 28.2 Å². The minimum absolute atomic E-state index is 0. The van der Waals surface area contributed by atoms with Gasteiger partial charge in [-0.3, -0.25) is 0 Å². The van der Waals surface area contributed by atoms with Crippen molar-refractivity contribution in [3.63, 3.8) is 0 Å². The molecule has 0 heterocycles. The van der Waals surface area contributed by atoms with Crippen molar-refractivity contribution in [2.45, 2.75) is 37.6 Å². The number of aryl methyl sites for hydroxylation is 4. The van der Waals surface area contributed by atoms with E-state index in [1.807, 2.05) is 78.0 Å². The van der Waals surface area contributed by atoms with Crippen LogP contribution in [0.5, 0.6) is 0 Å². The van der Waals surface area contributed by atoms with Crippen molar-refractivity contribution >= 4 is 46.0 Å². The molecule has 45 heavy (non-hydrogen) atoms. The molecule has 0 spiro atoms. The predicted molar refractivity (Wildman–Crippen MR) is 170 cm³/mol. The summed E-state index contributed by atoms with van der Waals surface area (Å²) in [5.74, 6) is -0.0244. The molecule has 2 unspecified atom stereocenters. The second kappa shape index (κ2) is 29.0. The molecular weight excluding hydrogens is 831 g/mol. The van der Waals surface area contributed by atoms with Crippen LogP contribution in [0.4, 0.5) is 17.3 Å². The van der Waals surface area contributed by atoms with E-state index >= 15 is 0 Å². The Hall–Kier alpha value is 3.44. The number of halogens is 5. The molecule has 4 aromatic carbocycles. The Morgan fingerprint density at radius 2 is 0.956 bits per heavy atom. The quantitative estimate of drug-likeness (QED) is 0.0851. The van der Waals surface area contributed by atoms with Crippen molar-refractivity contribution < 1.29 is 186 Å². The van der Waals surface area contributed by atoms with Crippen molar-refractivity contribution in [1.29, 1.82) is 0 Å². The third-order valence-corrected chi connectivity index (χ3v) is 7.65. The Labute approximate surface area is 404 Å². The van der Waals surface area contributed by atoms with Gasteiger partial charge < -0.3 is 29.9 Å². The Morgan fingerprint density at radius 1 is 0.622 bits per heavy atom. The molecule has 0 saturated carbocycles. The van der Waals surface area contributed by atoms with Gasteiger partial charge in [-0.05, 0) is 58.5 Å². The van der Waals surface area contributed by atoms with E-state index in [9.17, 15) is 17.3 Å². The fraction of sp³-hybridized carbons (Fsp3) is 0.194. The summed E-state index contributed by atoms with van der Waals surface area (Å²) in [6.07, 6.45) is 4.51. The zero-order valence-electron chi connectivity index (χ0n) is 23.8. The SMILES string of the molecule is F[B-](F)(F)F.Pc1cc2ccc1CCc1ccc(c(P)c1)CC2.[Ar].[Ar].[Ar].[Ar].[CH2-][C@H](c1ccccc1)[C@H]([NH-])c1ccccc1.[Cl][Ru+3]. The van der Waals surface area contributed by atoms with Crippen LogP contribution in [0.25, 0.3) is 5.73 Å². The predicted octanol–water partition coefficient (Wildman–Crippen LogP) is 8.96. The van der Waals surface area contributed by atoms with E-state index < -0.39 is 7.25 Å². The van der Waals surface area contributed by atoms with Gasteiger partial charge in [0.2, 0.25) is 0 Å². The summed E-state index contributed by atoms with van der Waals surface area (Å²) in [6, 6.07) is 33.4. The molecule has 0 amide bonds. The van der Waals surface area contributed by atoms with Gasteiger partial charge in [0.25, 0.3) is 0 Å².